The van der Waals surface area contributed by atoms with Crippen LogP contribution in [0.3, 0.4) is 0 Å². The van der Waals surface area contributed by atoms with Crippen LogP contribution in [0.5, 0.6) is 11.5 Å². The van der Waals surface area contributed by atoms with Gasteiger partial charge in [0.25, 0.3) is 0 Å². The maximum atomic E-state index is 12.9. The number of esters is 1. The molecule has 2 atom stereocenters. The predicted octanol–water partition coefficient (Wildman–Crippen LogP) is 1.80. The Balaban J connectivity index is 1.85. The molecule has 3 rings (SSSR count). The van der Waals surface area contributed by atoms with E-state index in [4.69, 9.17) is 19.5 Å². The molecule has 0 saturated heterocycles. The first-order valence-corrected chi connectivity index (χ1v) is 10.4. The van der Waals surface area contributed by atoms with Gasteiger partial charge in [-0.1, -0.05) is 30.3 Å². The van der Waals surface area contributed by atoms with Crippen LogP contribution >= 0.6 is 0 Å². The second-order valence-electron chi connectivity index (χ2n) is 6.38. The van der Waals surface area contributed by atoms with Gasteiger partial charge in [-0.3, -0.25) is 4.79 Å². The topological polar surface area (TPSA) is 115 Å². The zero-order valence-electron chi connectivity index (χ0n) is 15.7. The van der Waals surface area contributed by atoms with Gasteiger partial charge in [0.15, 0.2) is 17.6 Å². The monoisotopic (exact) mass is 416 g/mol. The number of rotatable bonds is 7. The van der Waals surface area contributed by atoms with Gasteiger partial charge in [0.05, 0.1) is 4.90 Å². The van der Waals surface area contributed by atoms with E-state index in [-0.39, 0.29) is 11.3 Å². The summed E-state index contributed by atoms with van der Waals surface area (Å²) in [5, 5.41) is 8.89. The van der Waals surface area contributed by atoms with Crippen molar-refractivity contribution in [2.75, 3.05) is 13.2 Å². The van der Waals surface area contributed by atoms with E-state index in [1.54, 1.807) is 30.3 Å². The van der Waals surface area contributed by atoms with Crippen molar-refractivity contribution in [2.24, 2.45) is 0 Å². The van der Waals surface area contributed by atoms with E-state index in [1.165, 1.54) is 25.1 Å². The van der Waals surface area contributed by atoms with Crippen molar-refractivity contribution in [2.45, 2.75) is 30.4 Å². The molecule has 0 spiro atoms. The van der Waals surface area contributed by atoms with Gasteiger partial charge in [0.1, 0.15) is 25.3 Å². The largest absolute Gasteiger partial charge is 0.486 e. The van der Waals surface area contributed by atoms with Gasteiger partial charge >= 0.3 is 5.97 Å². The number of ether oxygens (including phenoxy) is 3. The smallest absolute Gasteiger partial charge is 0.325 e. The molecule has 1 N–H and O–H groups in total. The van der Waals surface area contributed by atoms with E-state index in [0.29, 0.717) is 24.7 Å². The number of carbonyl (C=O) groups is 1. The zero-order chi connectivity index (χ0) is 20.9. The molecule has 2 aromatic carbocycles. The molecular formula is C20H20N2O6S. The Bertz CT molecular complexity index is 1020. The number of hydrogen-bond acceptors (Lipinski definition) is 7. The van der Waals surface area contributed by atoms with Crippen molar-refractivity contribution in [1.82, 2.24) is 4.72 Å². The van der Waals surface area contributed by atoms with Crippen LogP contribution in [0.4, 0.5) is 0 Å². The van der Waals surface area contributed by atoms with Crippen LogP contribution in [0.25, 0.3) is 0 Å². The Hall–Kier alpha value is -3.09. The zero-order valence-corrected chi connectivity index (χ0v) is 16.5. The number of benzene rings is 2. The second-order valence-corrected chi connectivity index (χ2v) is 8.09. The summed E-state index contributed by atoms with van der Waals surface area (Å²) in [6.45, 7) is 2.12. The Morgan fingerprint density at radius 3 is 2.55 bits per heavy atom. The highest BCUT2D eigenvalue weighted by molar-refractivity contribution is 7.89. The van der Waals surface area contributed by atoms with Gasteiger partial charge in [-0.15, -0.1) is 0 Å². The Morgan fingerprint density at radius 1 is 1.17 bits per heavy atom. The molecule has 0 bridgehead atoms. The summed E-state index contributed by atoms with van der Waals surface area (Å²) in [6, 6.07) is 13.7. The molecule has 0 unspecified atom stereocenters. The Morgan fingerprint density at radius 2 is 1.86 bits per heavy atom. The number of nitrogens with one attached hydrogen (secondary N) is 1. The van der Waals surface area contributed by atoms with Gasteiger partial charge in [0, 0.05) is 6.07 Å². The second kappa shape index (κ2) is 8.94. The van der Waals surface area contributed by atoms with Crippen LogP contribution in [0, 0.1) is 11.3 Å². The molecule has 0 fully saturated rings. The molecule has 2 aromatic rings. The molecular weight excluding hydrogens is 396 g/mol. The molecule has 1 aliphatic rings. The fraction of sp³-hybridized carbons (Fsp3) is 0.300. The molecule has 0 aliphatic carbocycles. The summed E-state index contributed by atoms with van der Waals surface area (Å²) < 4.78 is 44.0. The lowest BCUT2D eigenvalue weighted by Gasteiger charge is -2.21. The molecule has 8 nitrogen and oxygen atoms in total. The van der Waals surface area contributed by atoms with Gasteiger partial charge < -0.3 is 14.2 Å². The number of fused-ring (bicyclic) bond motifs is 1. The first-order chi connectivity index (χ1) is 13.9. The molecule has 0 radical (unpaired) electrons. The molecule has 1 aliphatic heterocycles. The highest BCUT2D eigenvalue weighted by atomic mass is 32.2. The van der Waals surface area contributed by atoms with Crippen LogP contribution in [0.2, 0.25) is 0 Å². The van der Waals surface area contributed by atoms with Crippen LogP contribution in [-0.2, 0) is 26.0 Å². The third-order valence-electron chi connectivity index (χ3n) is 4.16. The van der Waals surface area contributed by atoms with Gasteiger partial charge in [-0.25, -0.2) is 8.42 Å². The maximum Gasteiger partial charge on any atom is 0.325 e. The molecule has 29 heavy (non-hydrogen) atoms. The average Bonchev–Trinajstić information content (AvgIpc) is 2.73. The standard InChI is InChI=1S/C20H20N2O6S/c1-14(13-21)28-20(23)17(11-15-5-3-2-4-6-15)22-29(24,25)16-7-8-18-19(12-16)27-10-9-26-18/h2-8,12,14,17,22H,9-11H2,1H3/t14-,17+/m1/s1. The van der Waals surface area contributed by atoms with Crippen molar-refractivity contribution >= 4 is 16.0 Å². The van der Waals surface area contributed by atoms with Crippen molar-refractivity contribution < 1.29 is 27.4 Å². The van der Waals surface area contributed by atoms with Crippen LogP contribution < -0.4 is 14.2 Å². The quantitative estimate of drug-likeness (QED) is 0.685. The first-order valence-electron chi connectivity index (χ1n) is 8.95. The number of nitrogens with zero attached hydrogens (tertiary/aromatic N) is 1. The van der Waals surface area contributed by atoms with Crippen LogP contribution in [0.1, 0.15) is 12.5 Å². The summed E-state index contributed by atoms with van der Waals surface area (Å²) in [7, 11) is -4.07. The average molecular weight is 416 g/mol. The molecule has 1 heterocycles. The summed E-state index contributed by atoms with van der Waals surface area (Å²) >= 11 is 0. The fourth-order valence-electron chi connectivity index (χ4n) is 2.75. The lowest BCUT2D eigenvalue weighted by molar-refractivity contribution is -0.147. The highest BCUT2D eigenvalue weighted by Crippen LogP contribution is 2.32. The maximum absolute atomic E-state index is 12.9. The molecule has 0 amide bonds. The Kier molecular flexibility index (Phi) is 6.36. The molecule has 9 heteroatoms. The summed E-state index contributed by atoms with van der Waals surface area (Å²) in [5.74, 6) is -0.0540. The number of sulfonamides is 1. The summed E-state index contributed by atoms with van der Waals surface area (Å²) in [5.41, 5.74) is 0.740. The van der Waals surface area contributed by atoms with Crippen molar-refractivity contribution in [1.29, 1.82) is 5.26 Å². The first kappa shape index (κ1) is 20.6. The van der Waals surface area contributed by atoms with E-state index in [0.717, 1.165) is 5.56 Å². The van der Waals surface area contributed by atoms with Crippen molar-refractivity contribution in [3.63, 3.8) is 0 Å². The highest BCUT2D eigenvalue weighted by Gasteiger charge is 2.29. The van der Waals surface area contributed by atoms with Gasteiger partial charge in [-0.2, -0.15) is 9.98 Å². The van der Waals surface area contributed by atoms with Crippen LogP contribution in [-0.4, -0.2) is 39.7 Å². The number of nitriles is 1. The van der Waals surface area contributed by atoms with E-state index in [9.17, 15) is 13.2 Å². The van der Waals surface area contributed by atoms with Gasteiger partial charge in [-0.05, 0) is 31.0 Å². The summed E-state index contributed by atoms with van der Waals surface area (Å²) in [4.78, 5) is 12.4. The minimum atomic E-state index is -4.07. The van der Waals surface area contributed by atoms with Crippen molar-refractivity contribution in [3.05, 3.63) is 54.1 Å². The number of carbonyl (C=O) groups excluding carboxylic acids is 1. The Labute approximate surface area is 169 Å². The number of hydrogen-bond donors (Lipinski definition) is 1. The molecule has 152 valence electrons. The van der Waals surface area contributed by atoms with Crippen molar-refractivity contribution in [3.8, 4) is 17.6 Å². The molecule has 0 aromatic heterocycles. The minimum absolute atomic E-state index is 0.0686. The van der Waals surface area contributed by atoms with E-state index >= 15 is 0 Å². The normalized spacial score (nSPS) is 15.0. The third-order valence-corrected chi connectivity index (χ3v) is 5.63. The minimum Gasteiger partial charge on any atom is -0.486 e. The van der Waals surface area contributed by atoms with Crippen LogP contribution in [0.15, 0.2) is 53.4 Å². The van der Waals surface area contributed by atoms with E-state index in [1.807, 2.05) is 6.07 Å². The third kappa shape index (κ3) is 5.25. The lowest BCUT2D eigenvalue weighted by atomic mass is 10.1. The van der Waals surface area contributed by atoms with Gasteiger partial charge in [0.2, 0.25) is 10.0 Å². The van der Waals surface area contributed by atoms with E-state index in [2.05, 4.69) is 4.72 Å². The SMILES string of the molecule is C[C@H](C#N)OC(=O)[C@H](Cc1ccccc1)NS(=O)(=O)c1ccc2c(c1)OCCO2. The summed E-state index contributed by atoms with van der Waals surface area (Å²) in [6.07, 6.45) is -0.929. The lowest BCUT2D eigenvalue weighted by Crippen LogP contribution is -2.44. The predicted molar refractivity (Wildman–Crippen MR) is 103 cm³/mol. The fourth-order valence-corrected chi connectivity index (χ4v) is 3.95. The molecule has 0 saturated carbocycles. The van der Waals surface area contributed by atoms with E-state index < -0.39 is 28.1 Å².